The lowest BCUT2D eigenvalue weighted by Crippen LogP contribution is -2.24. The van der Waals surface area contributed by atoms with E-state index in [2.05, 4.69) is 10.4 Å². The monoisotopic (exact) mass is 199 g/mol. The Labute approximate surface area is 86.8 Å². The Morgan fingerprint density at radius 1 is 1.64 bits per heavy atom. The summed E-state index contributed by atoms with van der Waals surface area (Å²) in [7, 11) is 1.85. The van der Waals surface area contributed by atoms with Crippen LogP contribution in [-0.4, -0.2) is 15.7 Å². The van der Waals surface area contributed by atoms with E-state index in [9.17, 15) is 4.79 Å². The highest BCUT2D eigenvalue weighted by molar-refractivity contribution is 5.73. The normalized spacial score (nSPS) is 11.2. The number of hydrogen-bond acceptors (Lipinski definition) is 2. The number of carbonyl (C=O) groups is 1. The van der Waals surface area contributed by atoms with Crippen molar-refractivity contribution in [1.29, 1.82) is 0 Å². The number of aromatic nitrogens is 2. The summed E-state index contributed by atoms with van der Waals surface area (Å²) in [6, 6.07) is 1.88. The van der Waals surface area contributed by atoms with Gasteiger partial charge in [0.1, 0.15) is 0 Å². The van der Waals surface area contributed by atoms with Crippen molar-refractivity contribution >= 4 is 5.91 Å². The second-order valence-corrected chi connectivity index (χ2v) is 2.84. The highest BCUT2D eigenvalue weighted by Crippen LogP contribution is 2.07. The molecule has 1 heterocycles. The predicted molar refractivity (Wildman–Crippen MR) is 58.9 cm³/mol. The van der Waals surface area contributed by atoms with E-state index in [4.69, 9.17) is 0 Å². The predicted octanol–water partition coefficient (Wildman–Crippen LogP) is 1.89. The smallest absolute Gasteiger partial charge is 0.217 e. The standard InChI is InChI=1S/C8H13N3O.C2H6.H2/c1-6(9-7(2)12)8-4-5-11(3)10-8;1-2;/h4-6H,1-3H3,(H,9,12);1-2H3;1H/t6-;;/m1../s1. The van der Waals surface area contributed by atoms with Crippen LogP contribution in [0.1, 0.15) is 40.9 Å². The summed E-state index contributed by atoms with van der Waals surface area (Å²) >= 11 is 0. The van der Waals surface area contributed by atoms with E-state index in [1.165, 1.54) is 6.92 Å². The van der Waals surface area contributed by atoms with E-state index in [1.807, 2.05) is 40.1 Å². The van der Waals surface area contributed by atoms with Crippen molar-refractivity contribution in [1.82, 2.24) is 15.1 Å². The van der Waals surface area contributed by atoms with Crippen molar-refractivity contribution < 1.29 is 6.22 Å². The zero-order chi connectivity index (χ0) is 11.1. The summed E-state index contributed by atoms with van der Waals surface area (Å²) in [4.78, 5) is 10.7. The first-order valence-corrected chi connectivity index (χ1v) is 4.86. The zero-order valence-corrected chi connectivity index (χ0v) is 9.53. The van der Waals surface area contributed by atoms with Crippen LogP contribution in [0.3, 0.4) is 0 Å². The maximum Gasteiger partial charge on any atom is 0.217 e. The van der Waals surface area contributed by atoms with Crippen LogP contribution in [0.25, 0.3) is 0 Å². The fourth-order valence-corrected chi connectivity index (χ4v) is 1.04. The SMILES string of the molecule is CC.CC(=O)N[C@H](C)c1ccn(C)n1.[HH]. The van der Waals surface area contributed by atoms with E-state index in [-0.39, 0.29) is 13.4 Å². The van der Waals surface area contributed by atoms with Crippen molar-refractivity contribution in [3.63, 3.8) is 0 Å². The van der Waals surface area contributed by atoms with Crippen molar-refractivity contribution in [3.05, 3.63) is 18.0 Å². The molecule has 4 heteroatoms. The Hall–Kier alpha value is -1.32. The summed E-state index contributed by atoms with van der Waals surface area (Å²) in [6.45, 7) is 7.41. The molecule has 82 valence electrons. The van der Waals surface area contributed by atoms with E-state index < -0.39 is 0 Å². The molecule has 0 aromatic carbocycles. The van der Waals surface area contributed by atoms with E-state index in [0.29, 0.717) is 0 Å². The highest BCUT2D eigenvalue weighted by atomic mass is 16.1. The van der Waals surface area contributed by atoms with Gasteiger partial charge in [0.05, 0.1) is 11.7 Å². The summed E-state index contributed by atoms with van der Waals surface area (Å²) in [6.07, 6.45) is 1.85. The first-order chi connectivity index (χ1) is 6.59. The largest absolute Gasteiger partial charge is 0.348 e. The van der Waals surface area contributed by atoms with Crippen LogP contribution in [0.5, 0.6) is 0 Å². The quantitative estimate of drug-likeness (QED) is 0.790. The molecule has 0 radical (unpaired) electrons. The van der Waals surface area contributed by atoms with Crippen LogP contribution in [0, 0.1) is 0 Å². The third-order valence-electron chi connectivity index (χ3n) is 1.60. The van der Waals surface area contributed by atoms with Crippen molar-refractivity contribution in [3.8, 4) is 0 Å². The summed E-state index contributed by atoms with van der Waals surface area (Å²) in [5.41, 5.74) is 0.882. The summed E-state index contributed by atoms with van der Waals surface area (Å²) < 4.78 is 1.72. The average Bonchev–Trinajstić information content (AvgIpc) is 2.54. The fourth-order valence-electron chi connectivity index (χ4n) is 1.04. The molecule has 1 aromatic heterocycles. The molecule has 0 unspecified atom stereocenters. The van der Waals surface area contributed by atoms with E-state index >= 15 is 0 Å². The van der Waals surface area contributed by atoms with Gasteiger partial charge in [-0.1, -0.05) is 13.8 Å². The average molecular weight is 199 g/mol. The molecule has 1 atom stereocenters. The topological polar surface area (TPSA) is 46.9 Å². The number of carbonyl (C=O) groups excluding carboxylic acids is 1. The molecule has 0 bridgehead atoms. The summed E-state index contributed by atoms with van der Waals surface area (Å²) in [5, 5.41) is 6.92. The van der Waals surface area contributed by atoms with Gasteiger partial charge in [0, 0.05) is 21.6 Å². The van der Waals surface area contributed by atoms with Gasteiger partial charge in [-0.15, -0.1) is 0 Å². The lowest BCUT2D eigenvalue weighted by atomic mass is 10.2. The molecule has 0 aliphatic carbocycles. The summed E-state index contributed by atoms with van der Waals surface area (Å²) in [5.74, 6) is -0.0341. The van der Waals surface area contributed by atoms with Gasteiger partial charge in [-0.25, -0.2) is 0 Å². The Kier molecular flexibility index (Phi) is 5.60. The first kappa shape index (κ1) is 12.7. The van der Waals surface area contributed by atoms with Crippen LogP contribution >= 0.6 is 0 Å². The van der Waals surface area contributed by atoms with Crippen molar-refractivity contribution in [2.45, 2.75) is 33.7 Å². The maximum atomic E-state index is 10.7. The minimum atomic E-state index is -0.0341. The van der Waals surface area contributed by atoms with Gasteiger partial charge in [-0.3, -0.25) is 9.48 Å². The van der Waals surface area contributed by atoms with Crippen molar-refractivity contribution in [2.24, 2.45) is 7.05 Å². The Morgan fingerprint density at radius 3 is 2.57 bits per heavy atom. The molecular formula is C10H21N3O. The van der Waals surface area contributed by atoms with Crippen LogP contribution < -0.4 is 5.32 Å². The van der Waals surface area contributed by atoms with Gasteiger partial charge in [-0.05, 0) is 13.0 Å². The van der Waals surface area contributed by atoms with Crippen LogP contribution in [0.4, 0.5) is 0 Å². The van der Waals surface area contributed by atoms with Gasteiger partial charge in [0.25, 0.3) is 0 Å². The third-order valence-corrected chi connectivity index (χ3v) is 1.60. The molecule has 1 aromatic rings. The molecule has 1 N–H and O–H groups in total. The fraction of sp³-hybridized carbons (Fsp3) is 0.600. The highest BCUT2D eigenvalue weighted by Gasteiger charge is 2.08. The molecule has 0 saturated carbocycles. The van der Waals surface area contributed by atoms with E-state index in [0.717, 1.165) is 5.69 Å². The number of rotatable bonds is 2. The Bertz CT molecular complexity index is 286. The van der Waals surface area contributed by atoms with Crippen molar-refractivity contribution in [2.75, 3.05) is 0 Å². The van der Waals surface area contributed by atoms with Crippen LogP contribution in [0.15, 0.2) is 12.3 Å². The molecule has 0 fully saturated rings. The molecule has 0 aliphatic rings. The molecule has 1 rings (SSSR count). The number of aryl methyl sites for hydroxylation is 1. The molecule has 0 spiro atoms. The molecule has 14 heavy (non-hydrogen) atoms. The molecule has 0 aliphatic heterocycles. The molecule has 0 saturated heterocycles. The number of nitrogens with zero attached hydrogens (tertiary/aromatic N) is 2. The third kappa shape index (κ3) is 4.07. The van der Waals surface area contributed by atoms with E-state index in [1.54, 1.807) is 4.68 Å². The van der Waals surface area contributed by atoms with Gasteiger partial charge >= 0.3 is 0 Å². The molecule has 4 nitrogen and oxygen atoms in total. The second kappa shape index (κ2) is 6.18. The number of nitrogens with one attached hydrogen (secondary N) is 1. The van der Waals surface area contributed by atoms with Gasteiger partial charge in [0.15, 0.2) is 0 Å². The minimum Gasteiger partial charge on any atom is -0.348 e. The number of hydrogen-bond donors (Lipinski definition) is 1. The first-order valence-electron chi connectivity index (χ1n) is 4.86. The Morgan fingerprint density at radius 2 is 2.21 bits per heavy atom. The Balaban J connectivity index is 0. The second-order valence-electron chi connectivity index (χ2n) is 2.84. The molecular weight excluding hydrogens is 178 g/mol. The maximum absolute atomic E-state index is 10.7. The van der Waals surface area contributed by atoms with Gasteiger partial charge < -0.3 is 5.32 Å². The molecule has 1 amide bonds. The van der Waals surface area contributed by atoms with Gasteiger partial charge in [-0.2, -0.15) is 5.10 Å². The van der Waals surface area contributed by atoms with Crippen LogP contribution in [0.2, 0.25) is 0 Å². The minimum absolute atomic E-state index is 0. The number of amides is 1. The lowest BCUT2D eigenvalue weighted by molar-refractivity contribution is -0.119. The zero-order valence-electron chi connectivity index (χ0n) is 9.53. The lowest BCUT2D eigenvalue weighted by Gasteiger charge is -2.08. The van der Waals surface area contributed by atoms with Gasteiger partial charge in [0.2, 0.25) is 5.91 Å². The van der Waals surface area contributed by atoms with Crippen LogP contribution in [-0.2, 0) is 11.8 Å².